The monoisotopic (exact) mass is 294 g/mol. The predicted octanol–water partition coefficient (Wildman–Crippen LogP) is 0.689. The minimum absolute atomic E-state index is 0.151. The van der Waals surface area contributed by atoms with Crippen LogP contribution in [0.5, 0.6) is 0 Å². The van der Waals surface area contributed by atoms with E-state index in [2.05, 4.69) is 23.7 Å². The van der Waals surface area contributed by atoms with Crippen LogP contribution in [0.25, 0.3) is 0 Å². The molecule has 0 aliphatic rings. The summed E-state index contributed by atoms with van der Waals surface area (Å²) in [5.41, 5.74) is 0. The van der Waals surface area contributed by atoms with Crippen molar-refractivity contribution < 1.29 is 28.6 Å². The molecule has 0 saturated heterocycles. The molecule has 0 unspecified atom stereocenters. The second-order valence-electron chi connectivity index (χ2n) is 3.63. The van der Waals surface area contributed by atoms with Gasteiger partial charge in [-0.1, -0.05) is 11.8 Å². The van der Waals surface area contributed by atoms with Gasteiger partial charge in [0.2, 0.25) is 0 Å². The van der Waals surface area contributed by atoms with Crippen LogP contribution in [0.3, 0.4) is 0 Å². The van der Waals surface area contributed by atoms with E-state index < -0.39 is 30.2 Å². The lowest BCUT2D eigenvalue weighted by Crippen LogP contribution is -2.31. The fourth-order valence-electron chi connectivity index (χ4n) is 1.21. The van der Waals surface area contributed by atoms with Gasteiger partial charge in [-0.3, -0.25) is 14.4 Å². The fraction of sp³-hybridized carbons (Fsp3) is 0.533. The molecule has 0 aromatic carbocycles. The molecule has 0 aliphatic carbocycles. The van der Waals surface area contributed by atoms with Gasteiger partial charge in [0.15, 0.2) is 19.1 Å². The summed E-state index contributed by atoms with van der Waals surface area (Å²) < 4.78 is 14.3. The van der Waals surface area contributed by atoms with Gasteiger partial charge in [0.1, 0.15) is 0 Å². The number of carbonyl (C=O) groups is 3. The zero-order chi connectivity index (χ0) is 16.1. The average Bonchev–Trinajstić information content (AvgIpc) is 2.45. The van der Waals surface area contributed by atoms with E-state index in [1.807, 2.05) is 0 Å². The molecular weight excluding hydrogens is 276 g/mol. The van der Waals surface area contributed by atoms with Gasteiger partial charge in [-0.15, -0.1) is 11.8 Å². The third-order valence-corrected chi connectivity index (χ3v) is 2.17. The zero-order valence-electron chi connectivity index (χ0n) is 12.4. The topological polar surface area (TPSA) is 78.9 Å². The molecule has 114 valence electrons. The van der Waals surface area contributed by atoms with Gasteiger partial charge in [0, 0.05) is 0 Å². The van der Waals surface area contributed by atoms with Gasteiger partial charge in [-0.05, 0) is 20.8 Å². The van der Waals surface area contributed by atoms with Crippen molar-refractivity contribution in [2.24, 2.45) is 5.92 Å². The highest BCUT2D eigenvalue weighted by molar-refractivity contribution is 5.98. The van der Waals surface area contributed by atoms with E-state index in [1.54, 1.807) is 20.8 Å². The summed E-state index contributed by atoms with van der Waals surface area (Å²) in [5, 5.41) is 0. The van der Waals surface area contributed by atoms with Crippen molar-refractivity contribution in [3.8, 4) is 23.7 Å². The molecule has 0 spiro atoms. The van der Waals surface area contributed by atoms with E-state index in [-0.39, 0.29) is 19.8 Å². The smallest absolute Gasteiger partial charge is 0.321 e. The molecule has 0 radical (unpaired) electrons. The van der Waals surface area contributed by atoms with E-state index in [9.17, 15) is 14.4 Å². The van der Waals surface area contributed by atoms with Crippen LogP contribution in [-0.2, 0) is 28.6 Å². The van der Waals surface area contributed by atoms with Crippen LogP contribution in [-0.4, -0.2) is 37.7 Å². The van der Waals surface area contributed by atoms with Gasteiger partial charge in [0.05, 0.1) is 13.0 Å². The van der Waals surface area contributed by atoms with Crippen molar-refractivity contribution in [3.63, 3.8) is 0 Å². The lowest BCUT2D eigenvalue weighted by atomic mass is 10.1. The van der Waals surface area contributed by atoms with Crippen molar-refractivity contribution in [1.29, 1.82) is 0 Å². The molecule has 6 heteroatoms. The minimum atomic E-state index is -1.37. The maximum Gasteiger partial charge on any atom is 0.321 e. The SMILES string of the molecule is CC#CCOC(=O)C(CC(=O)OCC)C(=O)OCC#CC. The quantitative estimate of drug-likeness (QED) is 0.297. The molecule has 0 saturated carbocycles. The Hall–Kier alpha value is -2.47. The Kier molecular flexibility index (Phi) is 10.0. The lowest BCUT2D eigenvalue weighted by molar-refractivity contribution is -0.165. The van der Waals surface area contributed by atoms with E-state index in [0.29, 0.717) is 0 Å². The van der Waals surface area contributed by atoms with Crippen LogP contribution >= 0.6 is 0 Å². The summed E-state index contributed by atoms with van der Waals surface area (Å²) in [4.78, 5) is 35.0. The van der Waals surface area contributed by atoms with Gasteiger partial charge in [-0.2, -0.15) is 0 Å². The average molecular weight is 294 g/mol. The Balaban J connectivity index is 4.74. The predicted molar refractivity (Wildman–Crippen MR) is 73.6 cm³/mol. The van der Waals surface area contributed by atoms with Gasteiger partial charge < -0.3 is 14.2 Å². The van der Waals surface area contributed by atoms with Crippen LogP contribution in [0.15, 0.2) is 0 Å². The number of rotatable bonds is 7. The standard InChI is InChI=1S/C15H18O6/c1-4-7-9-20-14(17)12(11-13(16)19-6-3)15(18)21-10-8-5-2/h12H,6,9-11H2,1-3H3. The molecule has 0 fully saturated rings. The third-order valence-electron chi connectivity index (χ3n) is 2.17. The second-order valence-corrected chi connectivity index (χ2v) is 3.63. The Morgan fingerprint density at radius 2 is 1.38 bits per heavy atom. The number of esters is 3. The maximum absolute atomic E-state index is 11.8. The van der Waals surface area contributed by atoms with Crippen molar-refractivity contribution in [2.75, 3.05) is 19.8 Å². The molecule has 0 N–H and O–H groups in total. The Labute approximate surface area is 124 Å². The van der Waals surface area contributed by atoms with Crippen molar-refractivity contribution in [2.45, 2.75) is 27.2 Å². The largest absolute Gasteiger partial charge is 0.466 e. The highest BCUT2D eigenvalue weighted by atomic mass is 16.6. The summed E-state index contributed by atoms with van der Waals surface area (Å²) >= 11 is 0. The van der Waals surface area contributed by atoms with Crippen molar-refractivity contribution in [3.05, 3.63) is 0 Å². The lowest BCUT2D eigenvalue weighted by Gasteiger charge is -2.13. The molecule has 0 aromatic rings. The molecule has 6 nitrogen and oxygen atoms in total. The van der Waals surface area contributed by atoms with Crippen LogP contribution in [0.1, 0.15) is 27.2 Å². The third kappa shape index (κ3) is 8.33. The maximum atomic E-state index is 11.8. The Morgan fingerprint density at radius 3 is 1.76 bits per heavy atom. The van der Waals surface area contributed by atoms with E-state index in [1.165, 1.54) is 0 Å². The van der Waals surface area contributed by atoms with Gasteiger partial charge in [0.25, 0.3) is 0 Å². The molecule has 21 heavy (non-hydrogen) atoms. The van der Waals surface area contributed by atoms with Crippen LogP contribution in [0.2, 0.25) is 0 Å². The number of hydrogen-bond acceptors (Lipinski definition) is 6. The number of ether oxygens (including phenoxy) is 3. The first-order valence-electron chi connectivity index (χ1n) is 6.34. The summed E-state index contributed by atoms with van der Waals surface area (Å²) in [5.74, 6) is 6.32. The summed E-state index contributed by atoms with van der Waals surface area (Å²) in [7, 11) is 0. The fourth-order valence-corrected chi connectivity index (χ4v) is 1.21. The van der Waals surface area contributed by atoms with Crippen LogP contribution in [0.4, 0.5) is 0 Å². The molecule has 0 rings (SSSR count). The van der Waals surface area contributed by atoms with Crippen molar-refractivity contribution >= 4 is 17.9 Å². The van der Waals surface area contributed by atoms with Crippen LogP contribution in [0, 0.1) is 29.6 Å². The van der Waals surface area contributed by atoms with Gasteiger partial charge in [-0.25, -0.2) is 0 Å². The molecule has 0 heterocycles. The first-order valence-corrected chi connectivity index (χ1v) is 6.34. The zero-order valence-corrected chi connectivity index (χ0v) is 12.4. The van der Waals surface area contributed by atoms with E-state index in [4.69, 9.17) is 14.2 Å². The Morgan fingerprint density at radius 1 is 0.905 bits per heavy atom. The van der Waals surface area contributed by atoms with Gasteiger partial charge >= 0.3 is 17.9 Å². The number of carbonyl (C=O) groups excluding carboxylic acids is 3. The number of hydrogen-bond donors (Lipinski definition) is 0. The first kappa shape index (κ1) is 18.5. The molecule has 0 aromatic heterocycles. The highest BCUT2D eigenvalue weighted by Gasteiger charge is 2.32. The molecule has 0 atom stereocenters. The highest BCUT2D eigenvalue weighted by Crippen LogP contribution is 2.10. The molecular formula is C15H18O6. The normalized spacial score (nSPS) is 8.76. The Bertz CT molecular complexity index is 450. The summed E-state index contributed by atoms with van der Waals surface area (Å²) in [6.07, 6.45) is -0.440. The molecule has 0 amide bonds. The van der Waals surface area contributed by atoms with Crippen LogP contribution < -0.4 is 0 Å². The van der Waals surface area contributed by atoms with E-state index >= 15 is 0 Å². The first-order chi connectivity index (χ1) is 10.1. The summed E-state index contributed by atoms with van der Waals surface area (Å²) in [6.45, 7) is 4.63. The summed E-state index contributed by atoms with van der Waals surface area (Å²) in [6, 6.07) is 0. The minimum Gasteiger partial charge on any atom is -0.466 e. The second kappa shape index (κ2) is 11.4. The molecule has 0 aliphatic heterocycles. The molecule has 0 bridgehead atoms. The van der Waals surface area contributed by atoms with E-state index in [0.717, 1.165) is 0 Å². The van der Waals surface area contributed by atoms with Crippen molar-refractivity contribution in [1.82, 2.24) is 0 Å².